The average Bonchev–Trinajstić information content (AvgIpc) is 3.49. The molecule has 0 N–H and O–H groups in total. The molecule has 170 valence electrons. The molecule has 0 saturated carbocycles. The molecule has 7 rings (SSSR count). The van der Waals surface area contributed by atoms with E-state index < -0.39 is 0 Å². The van der Waals surface area contributed by atoms with E-state index in [2.05, 4.69) is 128 Å². The zero-order valence-electron chi connectivity index (χ0n) is 19.3. The van der Waals surface area contributed by atoms with Crippen LogP contribution in [-0.2, 0) is 21.7 Å². The maximum atomic E-state index is 2.39. The Morgan fingerprint density at radius 2 is 1.26 bits per heavy atom. The van der Waals surface area contributed by atoms with Crippen LogP contribution in [0.25, 0.3) is 43.8 Å². The van der Waals surface area contributed by atoms with Gasteiger partial charge in [-0.25, -0.2) is 0 Å². The van der Waals surface area contributed by atoms with Gasteiger partial charge in [-0.05, 0) is 23.1 Å². The summed E-state index contributed by atoms with van der Waals surface area (Å²) in [5.74, 6) is 0. The third-order valence-corrected chi connectivity index (χ3v) is 8.59. The van der Waals surface area contributed by atoms with E-state index in [1.54, 1.807) is 0 Å². The monoisotopic (exact) mass is 512 g/mol. The van der Waals surface area contributed by atoms with Gasteiger partial charge in [-0.2, -0.15) is 18.2 Å². The first-order valence-corrected chi connectivity index (χ1v) is 12.8. The van der Waals surface area contributed by atoms with E-state index in [1.807, 2.05) is 0 Å². The summed E-state index contributed by atoms with van der Waals surface area (Å²) in [5, 5.41) is 8.48. The van der Waals surface area contributed by atoms with Crippen LogP contribution in [0.15, 0.2) is 121 Å². The summed E-state index contributed by atoms with van der Waals surface area (Å²) in [5.41, 5.74) is 5.43. The summed E-state index contributed by atoms with van der Waals surface area (Å²) in [4.78, 5) is 0. The van der Waals surface area contributed by atoms with Crippen LogP contribution in [0.1, 0.15) is 0 Å². The Bertz CT molecular complexity index is 1550. The molecule has 1 heterocycles. The first kappa shape index (κ1) is 26.7. The molecule has 6 aromatic carbocycles. The minimum Gasteiger partial charge on any atom is -1.00 e. The van der Waals surface area contributed by atoms with Gasteiger partial charge in [0.25, 0.3) is 0 Å². The van der Waals surface area contributed by atoms with Gasteiger partial charge in [-0.1, -0.05) is 85.8 Å². The van der Waals surface area contributed by atoms with Crippen LogP contribution in [0.4, 0.5) is 0 Å². The molecule has 0 nitrogen and oxygen atoms in total. The number of hydrogen-bond donors (Lipinski definition) is 0. The van der Waals surface area contributed by atoms with Gasteiger partial charge in [-0.15, -0.1) is 63.2 Å². The summed E-state index contributed by atoms with van der Waals surface area (Å²) in [7, 11) is -0.192. The van der Waals surface area contributed by atoms with Crippen molar-refractivity contribution >= 4 is 40.1 Å². The molecule has 1 unspecified atom stereocenters. The van der Waals surface area contributed by atoms with Crippen LogP contribution in [0.3, 0.4) is 0 Å². The summed E-state index contributed by atoms with van der Waals surface area (Å²) >= 11 is 0. The Kier molecular flexibility index (Phi) is 8.57. The topological polar surface area (TPSA) is 0 Å². The van der Waals surface area contributed by atoms with Crippen LogP contribution >= 0.6 is 7.92 Å². The van der Waals surface area contributed by atoms with E-state index in [0.29, 0.717) is 0 Å². The summed E-state index contributed by atoms with van der Waals surface area (Å²) in [6.45, 7) is 2.37. The first-order valence-electron chi connectivity index (χ1n) is 11.0. The van der Waals surface area contributed by atoms with Crippen LogP contribution < -0.4 is 20.0 Å². The fraction of sp³-hybridized carbons (Fsp3) is 0.0323. The number of hydrogen-bond acceptors (Lipinski definition) is 0. The van der Waals surface area contributed by atoms with Crippen molar-refractivity contribution in [2.75, 3.05) is 6.66 Å². The van der Waals surface area contributed by atoms with E-state index in [-0.39, 0.29) is 39.0 Å². The Balaban J connectivity index is 0.000000181. The molecule has 2 bridgehead atoms. The molecule has 35 heavy (non-hydrogen) atoms. The van der Waals surface area contributed by atoms with E-state index >= 15 is 0 Å². The third-order valence-electron chi connectivity index (χ3n) is 6.44. The zero-order chi connectivity index (χ0) is 21.5. The van der Waals surface area contributed by atoms with Crippen molar-refractivity contribution in [1.82, 2.24) is 0 Å². The molecule has 1 aliphatic heterocycles. The molecule has 0 amide bonds. The zero-order valence-corrected chi connectivity index (χ0v) is 21.7. The predicted octanol–water partition coefficient (Wildman–Crippen LogP) is 1.83. The number of rotatable bonds is 1. The largest absolute Gasteiger partial charge is 4.00 e. The smallest absolute Gasteiger partial charge is 1.00 e. The molecule has 6 aromatic rings. The average molecular weight is 512 g/mol. The fourth-order valence-corrected chi connectivity index (χ4v) is 6.61. The Morgan fingerprint density at radius 1 is 0.600 bits per heavy atom. The van der Waals surface area contributed by atoms with Crippen molar-refractivity contribution in [2.24, 2.45) is 0 Å². The molecule has 0 aliphatic carbocycles. The van der Waals surface area contributed by atoms with Gasteiger partial charge in [0, 0.05) is 0 Å². The van der Waals surface area contributed by atoms with Crippen molar-refractivity contribution < 1.29 is 31.1 Å². The normalized spacial score (nSPS) is 12.9. The number of benzene rings is 4. The standard InChI is InChI=1S/C16H12P.C15H11.2FH.Ti/c1-17-12-9-11-5-4-7-13(15(11)10-12)14-6-2-3-8-16(14)17;1-2-6-12(7-3-1)14-10-4-8-13-9-5-11-15(13)14;;;/h2-10H,1H3;1-11H;2*1H;/q2*-1;;;+4/p-2. The van der Waals surface area contributed by atoms with Gasteiger partial charge in [0.2, 0.25) is 0 Å². The van der Waals surface area contributed by atoms with Gasteiger partial charge in [0.15, 0.2) is 0 Å². The van der Waals surface area contributed by atoms with Gasteiger partial charge >= 0.3 is 21.7 Å². The quantitative estimate of drug-likeness (QED) is 0.179. The number of halogens is 2. The minimum atomic E-state index is -0.192. The molecule has 1 atom stereocenters. The second-order valence-electron chi connectivity index (χ2n) is 8.30. The fourth-order valence-electron chi connectivity index (χ4n) is 4.81. The SMILES string of the molecule is CP1c2cc3c(cccc3[cH-]2)-c2ccccc21.[F-].[F-].[Ti+4].c1ccc(-c2cccc3[cH-]ccc23)cc1. The van der Waals surface area contributed by atoms with E-state index in [4.69, 9.17) is 0 Å². The van der Waals surface area contributed by atoms with Crippen LogP contribution in [0.5, 0.6) is 0 Å². The van der Waals surface area contributed by atoms with Gasteiger partial charge < -0.3 is 9.41 Å². The molecule has 1 aliphatic rings. The Labute approximate surface area is 220 Å². The third kappa shape index (κ3) is 4.80. The number of fused-ring (bicyclic) bond motifs is 4. The first-order chi connectivity index (χ1) is 15.8. The maximum Gasteiger partial charge on any atom is 4.00 e. The molecule has 0 radical (unpaired) electrons. The van der Waals surface area contributed by atoms with Crippen molar-refractivity contribution in [3.05, 3.63) is 121 Å². The van der Waals surface area contributed by atoms with Crippen molar-refractivity contribution in [2.45, 2.75) is 0 Å². The van der Waals surface area contributed by atoms with Crippen LogP contribution in [-0.4, -0.2) is 6.66 Å². The molecule has 0 saturated heterocycles. The summed E-state index contributed by atoms with van der Waals surface area (Å²) < 4.78 is 0. The van der Waals surface area contributed by atoms with Crippen molar-refractivity contribution in [1.29, 1.82) is 0 Å². The summed E-state index contributed by atoms with van der Waals surface area (Å²) in [6, 6.07) is 43.7. The molecule has 0 aromatic heterocycles. The Morgan fingerprint density at radius 3 is 2.06 bits per heavy atom. The molecular weight excluding hydrogens is 489 g/mol. The summed E-state index contributed by atoms with van der Waals surface area (Å²) in [6.07, 6.45) is 0. The second-order valence-corrected chi connectivity index (χ2v) is 10.4. The van der Waals surface area contributed by atoms with E-state index in [0.717, 1.165) is 0 Å². The van der Waals surface area contributed by atoms with Gasteiger partial charge in [0.05, 0.1) is 0 Å². The molecule has 0 fully saturated rings. The van der Waals surface area contributed by atoms with Crippen LogP contribution in [0.2, 0.25) is 0 Å². The predicted molar refractivity (Wildman–Crippen MR) is 142 cm³/mol. The van der Waals surface area contributed by atoms with Crippen molar-refractivity contribution in [3.63, 3.8) is 0 Å². The molecular formula is C31H23F2PTi. The van der Waals surface area contributed by atoms with E-state index in [9.17, 15) is 0 Å². The van der Waals surface area contributed by atoms with Gasteiger partial charge in [-0.3, -0.25) is 0 Å². The molecule has 4 heteroatoms. The maximum absolute atomic E-state index is 2.39. The molecule has 0 spiro atoms. The van der Waals surface area contributed by atoms with Crippen molar-refractivity contribution in [3.8, 4) is 22.3 Å². The van der Waals surface area contributed by atoms with Crippen LogP contribution in [0, 0.1) is 0 Å². The van der Waals surface area contributed by atoms with Gasteiger partial charge in [0.1, 0.15) is 0 Å². The minimum absolute atomic E-state index is 0. The Hall–Kier alpha value is -2.90. The van der Waals surface area contributed by atoms with E-state index in [1.165, 1.54) is 54.4 Å². The second kappa shape index (κ2) is 11.2.